The van der Waals surface area contributed by atoms with Crippen LogP contribution in [0, 0.1) is 10.1 Å². The van der Waals surface area contributed by atoms with E-state index in [-0.39, 0.29) is 0 Å². The molecule has 0 aliphatic heterocycles. The highest BCUT2D eigenvalue weighted by atomic mass is 32.2. The summed E-state index contributed by atoms with van der Waals surface area (Å²) >= 11 is 1.72. The Labute approximate surface area is 189 Å². The minimum absolute atomic E-state index is 0.409. The molecule has 0 amide bonds. The van der Waals surface area contributed by atoms with Gasteiger partial charge in [-0.1, -0.05) is 49.6 Å². The van der Waals surface area contributed by atoms with E-state index in [4.69, 9.17) is 4.42 Å². The monoisotopic (exact) mass is 444 g/mol. The van der Waals surface area contributed by atoms with Crippen molar-refractivity contribution in [3.63, 3.8) is 0 Å². The lowest BCUT2D eigenvalue weighted by atomic mass is 10.1. The lowest BCUT2D eigenvalue weighted by Gasteiger charge is -2.07. The van der Waals surface area contributed by atoms with Gasteiger partial charge in [-0.25, -0.2) is 0 Å². The zero-order chi connectivity index (χ0) is 23.1. The predicted octanol–water partition coefficient (Wildman–Crippen LogP) is 4.43. The molecule has 0 unspecified atom stereocenters. The lowest BCUT2D eigenvalue weighted by molar-refractivity contribution is -0.404. The molecule has 0 aliphatic rings. The van der Waals surface area contributed by atoms with Gasteiger partial charge in [-0.2, -0.15) is 11.8 Å². The van der Waals surface area contributed by atoms with Crippen molar-refractivity contribution >= 4 is 23.9 Å². The van der Waals surface area contributed by atoms with Crippen LogP contribution in [0.4, 0.5) is 0 Å². The van der Waals surface area contributed by atoms with E-state index in [0.717, 1.165) is 46.9 Å². The average Bonchev–Trinajstić information content (AvgIpc) is 3.19. The Morgan fingerprint density at radius 2 is 1.71 bits per heavy atom. The lowest BCUT2D eigenvalue weighted by Crippen LogP contribution is -2.26. The number of nitrogens with one attached hydrogen (secondary N) is 2. The molecule has 0 atom stereocenters. The summed E-state index contributed by atoms with van der Waals surface area (Å²) in [5.74, 6) is 3.95. The number of furan rings is 1. The Morgan fingerprint density at radius 3 is 2.19 bits per heavy atom. The first-order valence-corrected chi connectivity index (χ1v) is 10.9. The van der Waals surface area contributed by atoms with Crippen molar-refractivity contribution in [2.24, 2.45) is 0 Å². The van der Waals surface area contributed by atoms with Crippen LogP contribution in [0.3, 0.4) is 0 Å². The largest absolute Gasteiger partial charge is 0.464 e. The van der Waals surface area contributed by atoms with Crippen LogP contribution >= 0.6 is 11.8 Å². The number of benzene rings is 1. The zero-order valence-electron chi connectivity index (χ0n) is 18.5. The molecule has 0 aliphatic carbocycles. The Balaban J connectivity index is 0.000000399. The molecule has 1 aromatic heterocycles. The molecule has 0 bridgehead atoms. The van der Waals surface area contributed by atoms with E-state index in [0.29, 0.717) is 12.4 Å². The van der Waals surface area contributed by atoms with Gasteiger partial charge < -0.3 is 20.0 Å². The molecule has 1 heterocycles. The van der Waals surface area contributed by atoms with Gasteiger partial charge in [0.2, 0.25) is 0 Å². The van der Waals surface area contributed by atoms with Crippen LogP contribution in [0.15, 0.2) is 66.0 Å². The van der Waals surface area contributed by atoms with Crippen molar-refractivity contribution in [2.75, 3.05) is 33.4 Å². The number of nitro groups is 1. The molecule has 168 valence electrons. The van der Waals surface area contributed by atoms with E-state index in [1.54, 1.807) is 18.8 Å². The van der Waals surface area contributed by atoms with E-state index in [1.165, 1.54) is 0 Å². The summed E-state index contributed by atoms with van der Waals surface area (Å²) in [7, 11) is 5.64. The van der Waals surface area contributed by atoms with Gasteiger partial charge in [-0.05, 0) is 37.4 Å². The molecule has 7 nitrogen and oxygen atoms in total. The van der Waals surface area contributed by atoms with Crippen molar-refractivity contribution < 1.29 is 9.34 Å². The van der Waals surface area contributed by atoms with Crippen LogP contribution in [0.25, 0.3) is 12.2 Å². The zero-order valence-corrected chi connectivity index (χ0v) is 19.3. The molecular weight excluding hydrogens is 412 g/mol. The summed E-state index contributed by atoms with van der Waals surface area (Å²) in [6.07, 6.45) is 4.57. The Morgan fingerprint density at radius 1 is 1.13 bits per heavy atom. The van der Waals surface area contributed by atoms with Gasteiger partial charge in [0.05, 0.1) is 17.2 Å². The van der Waals surface area contributed by atoms with E-state index >= 15 is 0 Å². The van der Waals surface area contributed by atoms with E-state index < -0.39 is 4.92 Å². The van der Waals surface area contributed by atoms with Gasteiger partial charge in [0.15, 0.2) is 5.82 Å². The van der Waals surface area contributed by atoms with Crippen molar-refractivity contribution in [3.8, 4) is 0 Å². The molecule has 0 radical (unpaired) electrons. The smallest absolute Gasteiger partial charge is 0.274 e. The molecule has 0 saturated heterocycles. The van der Waals surface area contributed by atoms with Crippen LogP contribution < -0.4 is 10.6 Å². The third-order valence-electron chi connectivity index (χ3n) is 3.91. The van der Waals surface area contributed by atoms with E-state index in [9.17, 15) is 10.1 Å². The molecule has 0 saturated carbocycles. The fraction of sp³-hybridized carbons (Fsp3) is 0.304. The van der Waals surface area contributed by atoms with Gasteiger partial charge in [0, 0.05) is 19.3 Å². The summed E-state index contributed by atoms with van der Waals surface area (Å²) in [6.45, 7) is 8.77. The predicted molar refractivity (Wildman–Crippen MR) is 131 cm³/mol. The second-order valence-corrected chi connectivity index (χ2v) is 7.84. The van der Waals surface area contributed by atoms with Crippen molar-refractivity contribution in [3.05, 3.63) is 94.3 Å². The van der Waals surface area contributed by atoms with Crippen molar-refractivity contribution in [1.82, 2.24) is 15.5 Å². The molecule has 2 rings (SSSR count). The molecule has 2 aromatic rings. The highest BCUT2D eigenvalue weighted by Gasteiger charge is 2.04. The average molecular weight is 445 g/mol. The number of hydrogen-bond acceptors (Lipinski definition) is 7. The maximum atomic E-state index is 10.3. The third kappa shape index (κ3) is 11.7. The third-order valence-corrected chi connectivity index (χ3v) is 4.89. The second kappa shape index (κ2) is 14.9. The first kappa shape index (κ1) is 26.1. The van der Waals surface area contributed by atoms with Crippen LogP contribution in [0.1, 0.15) is 22.6 Å². The standard InChI is InChI=1S/C13H22N4O3S.C10H10/c1-14-13(9-17(18)19)15-6-7-21-10-12-5-4-11(20-12)8-16(2)3;1-3-9-5-7-10(4-2)8-6-9/h4-5,9,14-15H,6-8,10H2,1-3H3;3-8H,1-2H2/b13-9+;. The molecule has 8 heteroatoms. The first-order valence-electron chi connectivity index (χ1n) is 9.79. The number of rotatable bonds is 12. The molecule has 0 spiro atoms. The minimum Gasteiger partial charge on any atom is -0.464 e. The summed E-state index contributed by atoms with van der Waals surface area (Å²) < 4.78 is 5.70. The van der Waals surface area contributed by atoms with Gasteiger partial charge in [-0.15, -0.1) is 0 Å². The summed E-state index contributed by atoms with van der Waals surface area (Å²) in [6, 6.07) is 12.1. The van der Waals surface area contributed by atoms with Crippen LogP contribution in [-0.4, -0.2) is 43.3 Å². The topological polar surface area (TPSA) is 83.6 Å². The van der Waals surface area contributed by atoms with Crippen LogP contribution in [0.5, 0.6) is 0 Å². The van der Waals surface area contributed by atoms with E-state index in [2.05, 4.69) is 28.7 Å². The van der Waals surface area contributed by atoms with Gasteiger partial charge in [-0.3, -0.25) is 10.1 Å². The molecule has 0 fully saturated rings. The second-order valence-electron chi connectivity index (χ2n) is 6.74. The quantitative estimate of drug-likeness (QED) is 0.285. The highest BCUT2D eigenvalue weighted by molar-refractivity contribution is 7.98. The fourth-order valence-electron chi connectivity index (χ4n) is 2.40. The number of nitrogens with zero attached hydrogens (tertiary/aromatic N) is 2. The minimum atomic E-state index is -0.485. The molecule has 1 aromatic carbocycles. The molecule has 2 N–H and O–H groups in total. The molecular formula is C23H32N4O3S. The summed E-state index contributed by atoms with van der Waals surface area (Å²) in [5.41, 5.74) is 2.29. The Hall–Kier alpha value is -2.97. The van der Waals surface area contributed by atoms with Crippen molar-refractivity contribution in [2.45, 2.75) is 12.3 Å². The normalized spacial score (nSPS) is 10.8. The first-order chi connectivity index (χ1) is 14.9. The van der Waals surface area contributed by atoms with Gasteiger partial charge in [0.1, 0.15) is 11.5 Å². The number of hydrogen-bond donors (Lipinski definition) is 2. The van der Waals surface area contributed by atoms with Crippen molar-refractivity contribution in [1.29, 1.82) is 0 Å². The van der Waals surface area contributed by atoms with Gasteiger partial charge >= 0.3 is 0 Å². The maximum absolute atomic E-state index is 10.3. The maximum Gasteiger partial charge on any atom is 0.274 e. The Kier molecular flexibility index (Phi) is 12.5. The molecule has 31 heavy (non-hydrogen) atoms. The fourth-order valence-corrected chi connectivity index (χ4v) is 3.15. The highest BCUT2D eigenvalue weighted by Crippen LogP contribution is 2.16. The van der Waals surface area contributed by atoms with Crippen LogP contribution in [-0.2, 0) is 12.3 Å². The summed E-state index contributed by atoms with van der Waals surface area (Å²) in [4.78, 5) is 11.9. The Bertz CT molecular complexity index is 818. The van der Waals surface area contributed by atoms with Crippen LogP contribution in [0.2, 0.25) is 0 Å². The summed E-state index contributed by atoms with van der Waals surface area (Å²) in [5, 5.41) is 16.1. The number of thioether (sulfide) groups is 1. The SMILES string of the molecule is C=Cc1ccc(C=C)cc1.CN/C(=C\[N+](=O)[O-])NCCSCc1ccc(CN(C)C)o1. The van der Waals surface area contributed by atoms with Gasteiger partial charge in [0.25, 0.3) is 6.20 Å². The van der Waals surface area contributed by atoms with E-state index in [1.807, 2.05) is 62.6 Å².